The molecule has 0 aromatic heterocycles. The Labute approximate surface area is 164 Å². The van der Waals surface area contributed by atoms with Crippen molar-refractivity contribution in [3.63, 3.8) is 0 Å². The summed E-state index contributed by atoms with van der Waals surface area (Å²) in [5.41, 5.74) is 3.43. The van der Waals surface area contributed by atoms with Crippen LogP contribution in [-0.2, 0) is 11.2 Å². The fourth-order valence-electron chi connectivity index (χ4n) is 3.45. The Morgan fingerprint density at radius 2 is 1.89 bits per heavy atom. The molecule has 2 N–H and O–H groups in total. The maximum Gasteiger partial charge on any atom is 0.275 e. The van der Waals surface area contributed by atoms with E-state index in [9.17, 15) is 9.18 Å². The van der Waals surface area contributed by atoms with Gasteiger partial charge in [0.25, 0.3) is 5.91 Å². The van der Waals surface area contributed by atoms with Gasteiger partial charge in [-0.25, -0.2) is 4.39 Å². The molecule has 144 valence electrons. The first-order chi connectivity index (χ1) is 13.0. The number of piperazine rings is 1. The summed E-state index contributed by atoms with van der Waals surface area (Å²) >= 11 is 6.13. The molecule has 1 heterocycles. The first kappa shape index (κ1) is 19.6. The number of aryl methyl sites for hydroxylation is 1. The second-order valence-electron chi connectivity index (χ2n) is 7.07. The van der Waals surface area contributed by atoms with E-state index in [0.717, 1.165) is 36.8 Å². The number of benzene rings is 2. The Morgan fingerprint density at radius 1 is 1.19 bits per heavy atom. The lowest BCUT2D eigenvalue weighted by molar-refractivity contribution is -0.892. The number of hydrogen-bond acceptors (Lipinski definition) is 2. The van der Waals surface area contributed by atoms with Gasteiger partial charge >= 0.3 is 0 Å². The van der Waals surface area contributed by atoms with Crippen LogP contribution in [0.15, 0.2) is 42.5 Å². The van der Waals surface area contributed by atoms with Crippen LogP contribution in [0.2, 0.25) is 5.02 Å². The summed E-state index contributed by atoms with van der Waals surface area (Å²) in [4.78, 5) is 15.8. The molecule has 6 heteroatoms. The second kappa shape index (κ2) is 9.20. The summed E-state index contributed by atoms with van der Waals surface area (Å²) in [5.74, 6) is -0.169. The Balaban J connectivity index is 1.40. The SMILES string of the molecule is Cc1ccc(Cl)cc1N1CC[NH+](CC(=O)NCCc2ccc(F)cc2)CC1. The number of quaternary nitrogens is 1. The van der Waals surface area contributed by atoms with Crippen molar-refractivity contribution in [1.29, 1.82) is 0 Å². The Morgan fingerprint density at radius 3 is 2.59 bits per heavy atom. The molecule has 2 aromatic rings. The summed E-state index contributed by atoms with van der Waals surface area (Å²) in [6.07, 6.45) is 0.711. The van der Waals surface area contributed by atoms with E-state index in [1.165, 1.54) is 28.3 Å². The Kier molecular flexibility index (Phi) is 6.69. The van der Waals surface area contributed by atoms with Gasteiger partial charge in [0.05, 0.1) is 26.2 Å². The van der Waals surface area contributed by atoms with Crippen LogP contribution in [0.1, 0.15) is 11.1 Å². The van der Waals surface area contributed by atoms with E-state index in [1.54, 1.807) is 12.1 Å². The molecule has 3 rings (SSSR count). The summed E-state index contributed by atoms with van der Waals surface area (Å²) in [5, 5.41) is 3.72. The number of carbonyl (C=O) groups excluding carboxylic acids is 1. The molecule has 0 saturated carbocycles. The van der Waals surface area contributed by atoms with Gasteiger partial charge in [-0.15, -0.1) is 0 Å². The monoisotopic (exact) mass is 390 g/mol. The van der Waals surface area contributed by atoms with Crippen molar-refractivity contribution in [1.82, 2.24) is 5.32 Å². The normalized spacial score (nSPS) is 15.0. The predicted octanol–water partition coefficient (Wildman–Crippen LogP) is 1.85. The van der Waals surface area contributed by atoms with Gasteiger partial charge in [-0.1, -0.05) is 29.8 Å². The van der Waals surface area contributed by atoms with E-state index in [2.05, 4.69) is 17.1 Å². The third-order valence-corrected chi connectivity index (χ3v) is 5.28. The lowest BCUT2D eigenvalue weighted by Gasteiger charge is -2.34. The van der Waals surface area contributed by atoms with E-state index in [4.69, 9.17) is 11.6 Å². The number of carbonyl (C=O) groups is 1. The third kappa shape index (κ3) is 5.68. The summed E-state index contributed by atoms with van der Waals surface area (Å²) in [6.45, 7) is 6.85. The van der Waals surface area contributed by atoms with Crippen LogP contribution in [0.3, 0.4) is 0 Å². The number of anilines is 1. The van der Waals surface area contributed by atoms with Gasteiger partial charge in [-0.3, -0.25) is 4.79 Å². The number of rotatable bonds is 6. The molecular formula is C21H26ClFN3O+. The fraction of sp³-hybridized carbons (Fsp3) is 0.381. The average Bonchev–Trinajstić information content (AvgIpc) is 2.66. The highest BCUT2D eigenvalue weighted by Gasteiger charge is 2.23. The molecule has 1 saturated heterocycles. The van der Waals surface area contributed by atoms with Crippen LogP contribution in [0.4, 0.5) is 10.1 Å². The van der Waals surface area contributed by atoms with Gasteiger partial charge in [0.1, 0.15) is 5.82 Å². The first-order valence-electron chi connectivity index (χ1n) is 9.37. The van der Waals surface area contributed by atoms with Crippen LogP contribution in [0, 0.1) is 12.7 Å². The van der Waals surface area contributed by atoms with E-state index in [0.29, 0.717) is 19.5 Å². The van der Waals surface area contributed by atoms with Crippen LogP contribution in [0.25, 0.3) is 0 Å². The molecule has 0 bridgehead atoms. The Bertz CT molecular complexity index is 773. The highest BCUT2D eigenvalue weighted by molar-refractivity contribution is 6.30. The zero-order valence-electron chi connectivity index (χ0n) is 15.6. The number of nitrogens with one attached hydrogen (secondary N) is 2. The van der Waals surface area contributed by atoms with Gasteiger partial charge < -0.3 is 15.1 Å². The fourth-order valence-corrected chi connectivity index (χ4v) is 3.62. The number of nitrogens with zero attached hydrogens (tertiary/aromatic N) is 1. The quantitative estimate of drug-likeness (QED) is 0.789. The topological polar surface area (TPSA) is 36.8 Å². The zero-order valence-corrected chi connectivity index (χ0v) is 16.4. The minimum Gasteiger partial charge on any atom is -0.360 e. The van der Waals surface area contributed by atoms with Crippen LogP contribution in [0.5, 0.6) is 0 Å². The molecule has 1 fully saturated rings. The zero-order chi connectivity index (χ0) is 19.2. The van der Waals surface area contributed by atoms with Gasteiger partial charge in [-0.2, -0.15) is 0 Å². The molecule has 0 radical (unpaired) electrons. The largest absolute Gasteiger partial charge is 0.360 e. The van der Waals surface area contributed by atoms with Gasteiger partial charge in [0, 0.05) is 17.3 Å². The van der Waals surface area contributed by atoms with Crippen molar-refractivity contribution in [3.05, 3.63) is 64.4 Å². The van der Waals surface area contributed by atoms with Crippen molar-refractivity contribution < 1.29 is 14.1 Å². The molecule has 0 unspecified atom stereocenters. The molecular weight excluding hydrogens is 365 g/mol. The predicted molar refractivity (Wildman–Crippen MR) is 107 cm³/mol. The smallest absolute Gasteiger partial charge is 0.275 e. The summed E-state index contributed by atoms with van der Waals surface area (Å²) in [7, 11) is 0. The molecule has 0 aliphatic carbocycles. The van der Waals surface area contributed by atoms with Gasteiger partial charge in [0.15, 0.2) is 6.54 Å². The minimum absolute atomic E-state index is 0.0690. The summed E-state index contributed by atoms with van der Waals surface area (Å²) in [6, 6.07) is 12.4. The standard InChI is InChI=1S/C21H25ClFN3O/c1-16-2-5-18(22)14-20(16)26-12-10-25(11-13-26)15-21(27)24-9-8-17-3-6-19(23)7-4-17/h2-7,14H,8-13,15H2,1H3,(H,24,27)/p+1. The van der Waals surface area contributed by atoms with E-state index in [1.807, 2.05) is 18.2 Å². The average molecular weight is 391 g/mol. The van der Waals surface area contributed by atoms with Gasteiger partial charge in [0.2, 0.25) is 0 Å². The molecule has 1 amide bonds. The van der Waals surface area contributed by atoms with Crippen LogP contribution < -0.4 is 15.1 Å². The lowest BCUT2D eigenvalue weighted by Crippen LogP contribution is -3.16. The molecule has 2 aromatic carbocycles. The maximum absolute atomic E-state index is 12.9. The molecule has 0 spiro atoms. The molecule has 27 heavy (non-hydrogen) atoms. The van der Waals surface area contributed by atoms with Crippen molar-refractivity contribution in [2.24, 2.45) is 0 Å². The first-order valence-corrected chi connectivity index (χ1v) is 9.75. The van der Waals surface area contributed by atoms with Crippen LogP contribution >= 0.6 is 11.6 Å². The van der Waals surface area contributed by atoms with E-state index in [-0.39, 0.29) is 11.7 Å². The highest BCUT2D eigenvalue weighted by Crippen LogP contribution is 2.24. The minimum atomic E-state index is -0.238. The highest BCUT2D eigenvalue weighted by atomic mass is 35.5. The summed E-state index contributed by atoms with van der Waals surface area (Å²) < 4.78 is 12.9. The molecule has 1 aliphatic rings. The molecule has 4 nitrogen and oxygen atoms in total. The number of hydrogen-bond donors (Lipinski definition) is 2. The lowest BCUT2D eigenvalue weighted by atomic mass is 10.1. The van der Waals surface area contributed by atoms with Crippen molar-refractivity contribution in [3.8, 4) is 0 Å². The van der Waals surface area contributed by atoms with Crippen molar-refractivity contribution >= 4 is 23.2 Å². The third-order valence-electron chi connectivity index (χ3n) is 5.04. The molecule has 0 atom stereocenters. The molecule has 1 aliphatic heterocycles. The van der Waals surface area contributed by atoms with Crippen molar-refractivity contribution in [2.75, 3.05) is 44.2 Å². The van der Waals surface area contributed by atoms with Crippen molar-refractivity contribution in [2.45, 2.75) is 13.3 Å². The number of halogens is 2. The van der Waals surface area contributed by atoms with Gasteiger partial charge in [-0.05, 0) is 48.7 Å². The Hall–Kier alpha value is -2.11. The van der Waals surface area contributed by atoms with E-state index >= 15 is 0 Å². The second-order valence-corrected chi connectivity index (χ2v) is 7.51. The van der Waals surface area contributed by atoms with Crippen LogP contribution in [-0.4, -0.2) is 45.2 Å². The van der Waals surface area contributed by atoms with E-state index < -0.39 is 0 Å². The maximum atomic E-state index is 12.9. The number of amides is 1.